The Bertz CT molecular complexity index is 2980. The smallest absolute Gasteiger partial charge is 0.160 e. The minimum atomic E-state index is 0.321. The van der Waals surface area contributed by atoms with Gasteiger partial charge in [0.1, 0.15) is 5.71 Å². The van der Waals surface area contributed by atoms with Gasteiger partial charge < -0.3 is 0 Å². The third-order valence-corrected chi connectivity index (χ3v) is 10.6. The van der Waals surface area contributed by atoms with E-state index in [9.17, 15) is 0 Å². The lowest BCUT2D eigenvalue weighted by Crippen LogP contribution is -2.18. The van der Waals surface area contributed by atoms with Crippen LogP contribution in [0.1, 0.15) is 11.1 Å². The molecule has 0 aliphatic heterocycles. The van der Waals surface area contributed by atoms with Crippen molar-refractivity contribution in [3.8, 4) is 56.3 Å². The van der Waals surface area contributed by atoms with E-state index in [1.165, 1.54) is 10.8 Å². The van der Waals surface area contributed by atoms with Crippen molar-refractivity contribution in [2.75, 3.05) is 0 Å². The van der Waals surface area contributed by atoms with Crippen LogP contribution in [0.5, 0.6) is 0 Å². The molecule has 1 aliphatic rings. The number of aromatic nitrogens is 3. The second-order valence-corrected chi connectivity index (χ2v) is 13.9. The summed E-state index contributed by atoms with van der Waals surface area (Å²) >= 11 is 4.29. The van der Waals surface area contributed by atoms with Crippen molar-refractivity contribution in [1.82, 2.24) is 15.0 Å². The molecule has 0 saturated heterocycles. The van der Waals surface area contributed by atoms with Crippen LogP contribution >= 0.6 is 12.8 Å². The Balaban J connectivity index is 1.12. The van der Waals surface area contributed by atoms with E-state index in [4.69, 9.17) is 20.4 Å². The number of pyridine rings is 1. The van der Waals surface area contributed by atoms with Gasteiger partial charge >= 0.3 is 0 Å². The molecule has 0 radical (unpaired) electrons. The van der Waals surface area contributed by atoms with Crippen molar-refractivity contribution in [3.63, 3.8) is 0 Å². The first-order valence-electron chi connectivity index (χ1n) is 18.1. The Hall–Kier alpha value is -7.02. The number of hydrogen-bond donors (Lipinski definition) is 2. The van der Waals surface area contributed by atoms with E-state index in [1.807, 2.05) is 24.3 Å². The number of thiol groups is 1. The largest absolute Gasteiger partial charge is 0.299 e. The Labute approximate surface area is 323 Å². The molecule has 0 unspecified atom stereocenters. The molecule has 2 aromatic heterocycles. The van der Waals surface area contributed by atoms with Gasteiger partial charge in [-0.15, -0.1) is 0 Å². The topological polar surface area (TPSA) is 74.9 Å². The van der Waals surface area contributed by atoms with Gasteiger partial charge in [0.15, 0.2) is 5.82 Å². The number of allylic oxidation sites excluding steroid dienone is 1. The standard InChI is InChI=1S/C49H31N5S/c50-42-24-23-41-46(48(42)54-55)40-22-21-36(28-45(40)51-47(41)32-11-2-1-3-12-32)35-15-8-16-37(26-35)43-29-44(38-19-17-30-9-4-6-13-33(30)25-38)53-49(52-43)39-20-18-31-10-5-7-14-34(31)27-39/h1-29,50,55H/b50-42?,54-48+. The molecular weight excluding hydrogens is 691 g/mol. The fourth-order valence-electron chi connectivity index (χ4n) is 7.58. The molecule has 1 N–H and O–H groups in total. The van der Waals surface area contributed by atoms with Gasteiger partial charge in [-0.25, -0.2) is 19.3 Å². The lowest BCUT2D eigenvalue weighted by Gasteiger charge is -2.20. The highest BCUT2D eigenvalue weighted by Crippen LogP contribution is 2.37. The molecule has 55 heavy (non-hydrogen) atoms. The molecule has 0 saturated carbocycles. The average molecular weight is 722 g/mol. The monoisotopic (exact) mass is 721 g/mol. The fourth-order valence-corrected chi connectivity index (χ4v) is 7.79. The predicted octanol–water partition coefficient (Wildman–Crippen LogP) is 12.3. The zero-order valence-corrected chi connectivity index (χ0v) is 30.4. The number of rotatable bonds is 5. The van der Waals surface area contributed by atoms with E-state index < -0.39 is 0 Å². The van der Waals surface area contributed by atoms with Crippen LogP contribution in [0, 0.1) is 5.41 Å². The van der Waals surface area contributed by atoms with Crippen LogP contribution in [0.2, 0.25) is 0 Å². The summed E-state index contributed by atoms with van der Waals surface area (Å²) in [4.78, 5) is 15.6. The Morgan fingerprint density at radius 2 is 1.04 bits per heavy atom. The highest BCUT2D eigenvalue weighted by atomic mass is 32.1. The minimum absolute atomic E-state index is 0.321. The molecule has 258 valence electrons. The summed E-state index contributed by atoms with van der Waals surface area (Å²) in [6, 6.07) is 56.7. The molecule has 0 fully saturated rings. The molecule has 0 spiro atoms. The van der Waals surface area contributed by atoms with Crippen LogP contribution in [0.25, 0.3) is 94.8 Å². The lowest BCUT2D eigenvalue weighted by molar-refractivity contribution is 1.18. The first-order chi connectivity index (χ1) is 27.1. The molecule has 0 amide bonds. The third kappa shape index (κ3) is 5.89. The van der Waals surface area contributed by atoms with Crippen molar-refractivity contribution in [2.24, 2.45) is 4.40 Å². The number of nitrogens with zero attached hydrogens (tertiary/aromatic N) is 4. The SMILES string of the molecule is N=C1C=Cc2c(-c3ccccc3)nc3cc(-c4cccc(-c5cc(-c6ccc7ccccc7c6)nc(-c6ccc7ccccc7c6)n5)c4)ccc3c2/C1=N/S. The van der Waals surface area contributed by atoms with Crippen molar-refractivity contribution in [3.05, 3.63) is 181 Å². The highest BCUT2D eigenvalue weighted by molar-refractivity contribution is 7.79. The molecule has 9 aromatic rings. The van der Waals surface area contributed by atoms with Crippen molar-refractivity contribution >= 4 is 62.8 Å². The van der Waals surface area contributed by atoms with E-state index in [1.54, 1.807) is 6.08 Å². The van der Waals surface area contributed by atoms with Gasteiger partial charge in [-0.2, -0.15) is 0 Å². The lowest BCUT2D eigenvalue weighted by atomic mass is 9.87. The fraction of sp³-hybridized carbons (Fsp3) is 0. The summed E-state index contributed by atoms with van der Waals surface area (Å²) in [6.07, 6.45) is 3.73. The summed E-state index contributed by atoms with van der Waals surface area (Å²) in [7, 11) is 0. The second kappa shape index (κ2) is 13.4. The van der Waals surface area contributed by atoms with Crippen LogP contribution in [-0.4, -0.2) is 26.4 Å². The van der Waals surface area contributed by atoms with E-state index >= 15 is 0 Å². The Morgan fingerprint density at radius 1 is 0.455 bits per heavy atom. The number of hydrogen-bond acceptors (Lipinski definition) is 6. The summed E-state index contributed by atoms with van der Waals surface area (Å²) < 4.78 is 4.26. The number of nitrogens with one attached hydrogen (secondary N) is 1. The molecule has 6 heteroatoms. The van der Waals surface area contributed by atoms with Crippen LogP contribution in [0.15, 0.2) is 174 Å². The molecule has 10 rings (SSSR count). The third-order valence-electron chi connectivity index (χ3n) is 10.4. The van der Waals surface area contributed by atoms with Crippen LogP contribution < -0.4 is 0 Å². The van der Waals surface area contributed by atoms with Crippen molar-refractivity contribution in [2.45, 2.75) is 0 Å². The quantitative estimate of drug-likeness (QED) is 0.174. The summed E-state index contributed by atoms with van der Waals surface area (Å²) in [5.74, 6) is 0.672. The zero-order chi connectivity index (χ0) is 36.9. The highest BCUT2D eigenvalue weighted by Gasteiger charge is 2.24. The molecule has 0 atom stereocenters. The number of benzene rings is 7. The van der Waals surface area contributed by atoms with Gasteiger partial charge in [0.05, 0.1) is 28.3 Å². The van der Waals surface area contributed by atoms with Gasteiger partial charge in [-0.3, -0.25) is 5.41 Å². The van der Waals surface area contributed by atoms with Gasteiger partial charge in [0, 0.05) is 38.8 Å². The molecule has 2 heterocycles. The number of fused-ring (bicyclic) bond motifs is 5. The Kier molecular flexibility index (Phi) is 7.97. The van der Waals surface area contributed by atoms with Gasteiger partial charge in [-0.1, -0.05) is 133 Å². The molecule has 7 aromatic carbocycles. The first-order valence-corrected chi connectivity index (χ1v) is 18.5. The first kappa shape index (κ1) is 32.6. The van der Waals surface area contributed by atoms with Crippen LogP contribution in [0.3, 0.4) is 0 Å². The average Bonchev–Trinajstić information content (AvgIpc) is 3.25. The predicted molar refractivity (Wildman–Crippen MR) is 232 cm³/mol. The Morgan fingerprint density at radius 3 is 1.76 bits per heavy atom. The summed E-state index contributed by atoms with van der Waals surface area (Å²) in [6.45, 7) is 0. The zero-order valence-electron chi connectivity index (χ0n) is 29.5. The van der Waals surface area contributed by atoms with Gasteiger partial charge in [0.2, 0.25) is 0 Å². The van der Waals surface area contributed by atoms with Crippen molar-refractivity contribution < 1.29 is 0 Å². The maximum absolute atomic E-state index is 8.62. The van der Waals surface area contributed by atoms with Gasteiger partial charge in [-0.05, 0) is 88.0 Å². The molecule has 1 aliphatic carbocycles. The molecular formula is C49H31N5S. The van der Waals surface area contributed by atoms with E-state index in [2.05, 4.69) is 163 Å². The van der Waals surface area contributed by atoms with Crippen molar-refractivity contribution in [1.29, 1.82) is 5.41 Å². The summed E-state index contributed by atoms with van der Waals surface area (Å²) in [5.41, 5.74) is 12.0. The normalized spacial score (nSPS) is 13.2. The van der Waals surface area contributed by atoms with Gasteiger partial charge in [0.25, 0.3) is 0 Å². The maximum Gasteiger partial charge on any atom is 0.160 e. The van der Waals surface area contributed by atoms with E-state index in [0.717, 1.165) is 83.3 Å². The second-order valence-electron chi connectivity index (χ2n) is 13.7. The minimum Gasteiger partial charge on any atom is -0.299 e. The van der Waals surface area contributed by atoms with E-state index in [-0.39, 0.29) is 0 Å². The molecule has 0 bridgehead atoms. The van der Waals surface area contributed by atoms with Crippen LogP contribution in [0.4, 0.5) is 0 Å². The van der Waals surface area contributed by atoms with E-state index in [0.29, 0.717) is 17.2 Å². The maximum atomic E-state index is 8.62. The molecule has 5 nitrogen and oxygen atoms in total. The summed E-state index contributed by atoms with van der Waals surface area (Å²) in [5, 5.41) is 14.2. The van der Waals surface area contributed by atoms with Crippen LogP contribution in [-0.2, 0) is 0 Å².